The highest BCUT2D eigenvalue weighted by molar-refractivity contribution is 6.42. The van der Waals surface area contributed by atoms with E-state index in [0.717, 1.165) is 17.6 Å². The summed E-state index contributed by atoms with van der Waals surface area (Å²) >= 11 is 12.0. The Morgan fingerprint density at radius 3 is 2.53 bits per heavy atom. The Labute approximate surface area is 186 Å². The second kappa shape index (κ2) is 11.3. The third-order valence-corrected chi connectivity index (χ3v) is 4.98. The number of aromatic nitrogens is 2. The van der Waals surface area contributed by atoms with Crippen LogP contribution in [0.2, 0.25) is 10.0 Å². The molecule has 2 rings (SSSR count). The Bertz CT molecular complexity index is 986. The van der Waals surface area contributed by atoms with Crippen molar-refractivity contribution in [2.75, 3.05) is 0 Å². The van der Waals surface area contributed by atoms with Gasteiger partial charge in [-0.15, -0.1) is 0 Å². The van der Waals surface area contributed by atoms with Crippen LogP contribution in [0.3, 0.4) is 0 Å². The normalized spacial score (nSPS) is 13.0. The van der Waals surface area contributed by atoms with Gasteiger partial charge >= 0.3 is 0 Å². The van der Waals surface area contributed by atoms with Crippen LogP contribution in [0.15, 0.2) is 64.3 Å². The van der Waals surface area contributed by atoms with Gasteiger partial charge < -0.3 is 16.4 Å². The monoisotopic (exact) mass is 446 g/mol. The number of carbonyl (C=O) groups excluding carboxylic acids is 1. The Hall–Kier alpha value is -2.90. The Morgan fingerprint density at radius 1 is 1.20 bits per heavy atom. The number of nitrogens with two attached hydrogens (primary N) is 1. The molecule has 4 N–H and O–H groups in total. The number of rotatable bonds is 8. The van der Waals surface area contributed by atoms with E-state index >= 15 is 0 Å². The van der Waals surface area contributed by atoms with Crippen LogP contribution < -0.4 is 16.4 Å². The first-order chi connectivity index (χ1) is 14.3. The minimum Gasteiger partial charge on any atom is -0.394 e. The highest BCUT2D eigenvalue weighted by Gasteiger charge is 2.12. The van der Waals surface area contributed by atoms with Crippen molar-refractivity contribution in [1.82, 2.24) is 20.6 Å². The molecule has 0 radical (unpaired) electrons. The van der Waals surface area contributed by atoms with Crippen LogP contribution in [-0.4, -0.2) is 22.1 Å². The van der Waals surface area contributed by atoms with E-state index in [1.165, 1.54) is 6.21 Å². The van der Waals surface area contributed by atoms with Crippen molar-refractivity contribution in [3.05, 3.63) is 74.9 Å². The van der Waals surface area contributed by atoms with Crippen LogP contribution in [0, 0.1) is 0 Å². The number of nitrogens with zero attached hydrogens (tertiary/aromatic N) is 3. The number of allylic oxidation sites excluding steroid dienone is 2. The lowest BCUT2D eigenvalue weighted by Gasteiger charge is -2.16. The van der Waals surface area contributed by atoms with Gasteiger partial charge in [0, 0.05) is 25.2 Å². The van der Waals surface area contributed by atoms with Gasteiger partial charge in [0.2, 0.25) is 5.95 Å². The summed E-state index contributed by atoms with van der Waals surface area (Å²) in [6.07, 6.45) is 5.38. The van der Waals surface area contributed by atoms with Crippen LogP contribution in [0.5, 0.6) is 0 Å². The largest absolute Gasteiger partial charge is 0.394 e. The topological polar surface area (TPSA) is 105 Å². The van der Waals surface area contributed by atoms with Gasteiger partial charge in [0.15, 0.2) is 0 Å². The molecule has 1 amide bonds. The quantitative estimate of drug-likeness (QED) is 0.414. The number of hydrogen-bond donors (Lipinski definition) is 3. The van der Waals surface area contributed by atoms with Crippen molar-refractivity contribution in [3.8, 4) is 0 Å². The van der Waals surface area contributed by atoms with Crippen LogP contribution in [0.25, 0.3) is 0 Å². The molecule has 0 saturated heterocycles. The Morgan fingerprint density at radius 2 is 1.90 bits per heavy atom. The molecular weight excluding hydrogens is 423 g/mol. The molecule has 2 aromatic rings. The second-order valence-electron chi connectivity index (χ2n) is 6.47. The first-order valence-corrected chi connectivity index (χ1v) is 10.0. The number of benzene rings is 1. The van der Waals surface area contributed by atoms with E-state index < -0.39 is 5.91 Å². The summed E-state index contributed by atoms with van der Waals surface area (Å²) in [6, 6.07) is 7.06. The summed E-state index contributed by atoms with van der Waals surface area (Å²) in [4.78, 5) is 24.7. The number of aliphatic imine (C=N–C) groups is 1. The molecule has 30 heavy (non-hydrogen) atoms. The third kappa shape index (κ3) is 6.86. The molecular formula is C21H24Cl2N6O. The van der Waals surface area contributed by atoms with Gasteiger partial charge in [0.25, 0.3) is 5.91 Å². The zero-order chi connectivity index (χ0) is 22.1. The summed E-state index contributed by atoms with van der Waals surface area (Å²) in [5.74, 6) is 0.445. The number of amides is 1. The molecule has 0 fully saturated rings. The van der Waals surface area contributed by atoms with Crippen molar-refractivity contribution in [2.24, 2.45) is 10.7 Å². The predicted molar refractivity (Wildman–Crippen MR) is 122 cm³/mol. The summed E-state index contributed by atoms with van der Waals surface area (Å²) in [5.41, 5.74) is 8.46. The van der Waals surface area contributed by atoms with Gasteiger partial charge in [-0.25, -0.2) is 15.0 Å². The fourth-order valence-electron chi connectivity index (χ4n) is 2.26. The number of nitrogens with one attached hydrogen (secondary N) is 2. The molecule has 0 atom stereocenters. The van der Waals surface area contributed by atoms with E-state index in [9.17, 15) is 4.79 Å². The summed E-state index contributed by atoms with van der Waals surface area (Å²) in [7, 11) is 0. The number of carbonyl (C=O) groups is 1. The van der Waals surface area contributed by atoms with Crippen LogP contribution >= 0.6 is 23.2 Å². The van der Waals surface area contributed by atoms with Gasteiger partial charge in [-0.3, -0.25) is 4.79 Å². The zero-order valence-electron chi connectivity index (χ0n) is 17.0. The average molecular weight is 447 g/mol. The molecule has 1 heterocycles. The summed E-state index contributed by atoms with van der Waals surface area (Å²) < 4.78 is 0. The molecule has 0 spiro atoms. The summed E-state index contributed by atoms with van der Waals surface area (Å²) in [6.45, 7) is 6.08. The van der Waals surface area contributed by atoms with Gasteiger partial charge in [-0.1, -0.05) is 36.2 Å². The Kier molecular flexibility index (Phi) is 8.83. The van der Waals surface area contributed by atoms with E-state index in [4.69, 9.17) is 28.9 Å². The lowest BCUT2D eigenvalue weighted by molar-refractivity contribution is -0.117. The first-order valence-electron chi connectivity index (χ1n) is 9.28. The van der Waals surface area contributed by atoms with E-state index in [-0.39, 0.29) is 11.6 Å². The van der Waals surface area contributed by atoms with E-state index in [1.807, 2.05) is 19.9 Å². The second-order valence-corrected chi connectivity index (χ2v) is 7.28. The molecule has 0 aliphatic rings. The molecule has 7 nitrogen and oxygen atoms in total. The van der Waals surface area contributed by atoms with Crippen molar-refractivity contribution in [2.45, 2.75) is 33.7 Å². The predicted octanol–water partition coefficient (Wildman–Crippen LogP) is 4.27. The molecule has 1 aromatic carbocycles. The minimum atomic E-state index is -0.433. The van der Waals surface area contributed by atoms with Gasteiger partial charge in [-0.05, 0) is 55.2 Å². The molecule has 0 bridgehead atoms. The van der Waals surface area contributed by atoms with E-state index in [0.29, 0.717) is 28.0 Å². The van der Waals surface area contributed by atoms with Gasteiger partial charge in [-0.2, -0.15) is 0 Å². The molecule has 158 valence electrons. The highest BCUT2D eigenvalue weighted by atomic mass is 35.5. The van der Waals surface area contributed by atoms with Crippen LogP contribution in [0.4, 0.5) is 5.95 Å². The SMILES string of the molecule is CC/C(C)=C(/NCc1ccc(Cl)c(Cl)c1)NC(=O)C(N)=C(C)C=Nc1ncccn1. The molecule has 1 aromatic heterocycles. The maximum Gasteiger partial charge on any atom is 0.272 e. The minimum absolute atomic E-state index is 0.0485. The maximum absolute atomic E-state index is 12.6. The average Bonchev–Trinajstić information content (AvgIpc) is 2.76. The molecule has 0 saturated carbocycles. The van der Waals surface area contributed by atoms with Crippen molar-refractivity contribution >= 4 is 41.3 Å². The summed E-state index contributed by atoms with van der Waals surface area (Å²) in [5, 5.41) is 7.03. The number of hydrogen-bond acceptors (Lipinski definition) is 6. The molecule has 0 aliphatic heterocycles. The molecule has 9 heteroatoms. The van der Waals surface area contributed by atoms with Crippen LogP contribution in [0.1, 0.15) is 32.8 Å². The molecule has 0 aliphatic carbocycles. The van der Waals surface area contributed by atoms with Crippen molar-refractivity contribution < 1.29 is 4.79 Å². The van der Waals surface area contributed by atoms with E-state index in [1.54, 1.807) is 37.5 Å². The van der Waals surface area contributed by atoms with Gasteiger partial charge in [0.1, 0.15) is 11.5 Å². The standard InChI is InChI=1S/C21H24Cl2N6O/c1-4-13(2)19(27-12-15-6-7-16(22)17(23)10-15)29-20(30)18(24)14(3)11-28-21-25-8-5-9-26-21/h5-11,27H,4,12,24H2,1-3H3,(H,29,30)/b18-14?,19-13-,28-11?. The van der Waals surface area contributed by atoms with Crippen molar-refractivity contribution in [3.63, 3.8) is 0 Å². The van der Waals surface area contributed by atoms with Crippen molar-refractivity contribution in [1.29, 1.82) is 0 Å². The van der Waals surface area contributed by atoms with Gasteiger partial charge in [0.05, 0.1) is 10.0 Å². The van der Waals surface area contributed by atoms with Crippen LogP contribution in [-0.2, 0) is 11.3 Å². The fourth-order valence-corrected chi connectivity index (χ4v) is 2.58. The third-order valence-electron chi connectivity index (χ3n) is 4.24. The Balaban J connectivity index is 2.10. The van der Waals surface area contributed by atoms with E-state index in [2.05, 4.69) is 25.6 Å². The molecule has 0 unspecified atom stereocenters. The first kappa shape index (κ1) is 23.4. The fraction of sp³-hybridized carbons (Fsp3) is 0.238. The zero-order valence-corrected chi connectivity index (χ0v) is 18.6. The maximum atomic E-state index is 12.6. The lowest BCUT2D eigenvalue weighted by Crippen LogP contribution is -2.35. The highest BCUT2D eigenvalue weighted by Crippen LogP contribution is 2.22. The number of halogens is 2. The smallest absolute Gasteiger partial charge is 0.272 e. The lowest BCUT2D eigenvalue weighted by atomic mass is 10.2.